The van der Waals surface area contributed by atoms with Crippen LogP contribution >= 0.6 is 0 Å². The average molecular weight is 140 g/mol. The molecule has 1 rings (SSSR count). The van der Waals surface area contributed by atoms with E-state index in [2.05, 4.69) is 10.3 Å². The lowest BCUT2D eigenvalue weighted by atomic mass is 10.3. The Morgan fingerprint density at radius 3 is 2.40 bits per heavy atom. The third-order valence-electron chi connectivity index (χ3n) is 1.20. The van der Waals surface area contributed by atoms with Crippen molar-refractivity contribution >= 4 is 0 Å². The summed E-state index contributed by atoms with van der Waals surface area (Å²) in [6.07, 6.45) is 1.82. The second-order valence-corrected chi connectivity index (χ2v) is 2.96. The molecule has 0 aliphatic heterocycles. The fourth-order valence-corrected chi connectivity index (χ4v) is 0.629. The number of rotatable bonds is 1. The molecular weight excluding hydrogens is 128 g/mol. The van der Waals surface area contributed by atoms with Crippen molar-refractivity contribution in [2.75, 3.05) is 0 Å². The quantitative estimate of drug-likeness (QED) is 0.607. The Bertz CT molecular complexity index is 220. The number of aryl methyl sites for hydroxylation is 1. The van der Waals surface area contributed by atoms with Crippen LogP contribution in [0.4, 0.5) is 0 Å². The Kier molecular flexibility index (Phi) is 1.48. The van der Waals surface area contributed by atoms with E-state index >= 15 is 0 Å². The predicted octanol–water partition coefficient (Wildman–Crippen LogP) is 0.238. The van der Waals surface area contributed by atoms with Crippen molar-refractivity contribution in [3.63, 3.8) is 0 Å². The molecule has 0 radical (unpaired) electrons. The van der Waals surface area contributed by atoms with E-state index in [9.17, 15) is 0 Å². The van der Waals surface area contributed by atoms with Crippen LogP contribution in [0.2, 0.25) is 0 Å². The fourth-order valence-electron chi connectivity index (χ4n) is 0.629. The maximum Gasteiger partial charge on any atom is 0.106 e. The van der Waals surface area contributed by atoms with Gasteiger partial charge in [0.2, 0.25) is 0 Å². The first-order valence-corrected chi connectivity index (χ1v) is 3.18. The molecule has 1 heterocycles. The summed E-state index contributed by atoms with van der Waals surface area (Å²) in [6, 6.07) is 0. The van der Waals surface area contributed by atoms with Crippen LogP contribution in [-0.2, 0) is 5.66 Å². The summed E-state index contributed by atoms with van der Waals surface area (Å²) in [5.41, 5.74) is 6.17. The smallest absolute Gasteiger partial charge is 0.106 e. The molecule has 0 saturated carbocycles. The summed E-state index contributed by atoms with van der Waals surface area (Å²) in [6.45, 7) is 5.64. The first-order valence-electron chi connectivity index (χ1n) is 3.18. The molecule has 1 aromatic heterocycles. The van der Waals surface area contributed by atoms with Gasteiger partial charge in [-0.1, -0.05) is 5.21 Å². The summed E-state index contributed by atoms with van der Waals surface area (Å²) in [5.74, 6) is 0. The van der Waals surface area contributed by atoms with Crippen LogP contribution in [0.25, 0.3) is 0 Å². The number of nitrogens with two attached hydrogens (primary N) is 1. The van der Waals surface area contributed by atoms with Gasteiger partial charge in [-0.2, -0.15) is 0 Å². The molecule has 0 bridgehead atoms. The second-order valence-electron chi connectivity index (χ2n) is 2.96. The largest absolute Gasteiger partial charge is 0.308 e. The fraction of sp³-hybridized carbons (Fsp3) is 0.667. The standard InChI is InChI=1S/C6H12N4/c1-5-4-10(9-8-5)6(2,3)7/h4H,7H2,1-3H3. The number of hydrogen-bond donors (Lipinski definition) is 1. The zero-order chi connectivity index (χ0) is 7.78. The molecule has 10 heavy (non-hydrogen) atoms. The highest BCUT2D eigenvalue weighted by Crippen LogP contribution is 2.03. The van der Waals surface area contributed by atoms with Gasteiger partial charge >= 0.3 is 0 Å². The van der Waals surface area contributed by atoms with E-state index in [-0.39, 0.29) is 0 Å². The highest BCUT2D eigenvalue weighted by Gasteiger charge is 2.13. The van der Waals surface area contributed by atoms with Crippen LogP contribution in [0.1, 0.15) is 19.5 Å². The van der Waals surface area contributed by atoms with Crippen molar-refractivity contribution in [2.45, 2.75) is 26.4 Å². The van der Waals surface area contributed by atoms with E-state index in [0.717, 1.165) is 5.69 Å². The SMILES string of the molecule is Cc1cn(C(C)(C)N)nn1. The van der Waals surface area contributed by atoms with Crippen molar-refractivity contribution in [1.82, 2.24) is 15.0 Å². The molecule has 4 heteroatoms. The first kappa shape index (κ1) is 7.21. The van der Waals surface area contributed by atoms with Crippen LogP contribution in [0.5, 0.6) is 0 Å². The molecule has 0 aromatic carbocycles. The molecule has 0 fully saturated rings. The Morgan fingerprint density at radius 2 is 2.20 bits per heavy atom. The van der Waals surface area contributed by atoms with E-state index in [0.29, 0.717) is 0 Å². The van der Waals surface area contributed by atoms with Crippen molar-refractivity contribution in [1.29, 1.82) is 0 Å². The lowest BCUT2D eigenvalue weighted by molar-refractivity contribution is 0.325. The number of nitrogens with zero attached hydrogens (tertiary/aromatic N) is 3. The Balaban J connectivity index is 2.96. The van der Waals surface area contributed by atoms with Crippen LogP contribution in [0.3, 0.4) is 0 Å². The van der Waals surface area contributed by atoms with Crippen molar-refractivity contribution in [3.8, 4) is 0 Å². The topological polar surface area (TPSA) is 56.7 Å². The van der Waals surface area contributed by atoms with Crippen molar-refractivity contribution in [2.24, 2.45) is 5.73 Å². The van der Waals surface area contributed by atoms with Gasteiger partial charge in [-0.3, -0.25) is 0 Å². The van der Waals surface area contributed by atoms with Crippen LogP contribution < -0.4 is 5.73 Å². The number of aromatic nitrogens is 3. The molecule has 1 aromatic rings. The lowest BCUT2D eigenvalue weighted by Crippen LogP contribution is -2.36. The summed E-state index contributed by atoms with van der Waals surface area (Å²) in [5, 5.41) is 7.64. The highest BCUT2D eigenvalue weighted by atomic mass is 15.5. The zero-order valence-electron chi connectivity index (χ0n) is 6.50. The van der Waals surface area contributed by atoms with Crippen LogP contribution in [0.15, 0.2) is 6.20 Å². The molecule has 0 saturated heterocycles. The minimum atomic E-state index is -0.443. The van der Waals surface area contributed by atoms with Gasteiger partial charge in [-0.25, -0.2) is 4.68 Å². The van der Waals surface area contributed by atoms with Gasteiger partial charge in [0, 0.05) is 0 Å². The van der Waals surface area contributed by atoms with Crippen LogP contribution in [-0.4, -0.2) is 15.0 Å². The summed E-state index contributed by atoms with van der Waals surface area (Å²) >= 11 is 0. The van der Waals surface area contributed by atoms with E-state index in [1.807, 2.05) is 27.0 Å². The molecule has 0 spiro atoms. The summed E-state index contributed by atoms with van der Waals surface area (Å²) < 4.78 is 1.64. The van der Waals surface area contributed by atoms with Gasteiger partial charge in [0.05, 0.1) is 11.9 Å². The maximum atomic E-state index is 5.73. The van der Waals surface area contributed by atoms with Gasteiger partial charge in [0.25, 0.3) is 0 Å². The number of hydrogen-bond acceptors (Lipinski definition) is 3. The monoisotopic (exact) mass is 140 g/mol. The summed E-state index contributed by atoms with van der Waals surface area (Å²) in [7, 11) is 0. The van der Waals surface area contributed by atoms with Gasteiger partial charge in [0.15, 0.2) is 0 Å². The maximum absolute atomic E-state index is 5.73. The van der Waals surface area contributed by atoms with Crippen LogP contribution in [0, 0.1) is 6.92 Å². The molecule has 4 nitrogen and oxygen atoms in total. The van der Waals surface area contributed by atoms with Gasteiger partial charge in [-0.15, -0.1) is 5.10 Å². The highest BCUT2D eigenvalue weighted by molar-refractivity contribution is 4.89. The van der Waals surface area contributed by atoms with Crippen molar-refractivity contribution in [3.05, 3.63) is 11.9 Å². The second kappa shape index (κ2) is 2.05. The molecule has 0 aliphatic rings. The molecule has 2 N–H and O–H groups in total. The molecule has 0 aliphatic carbocycles. The van der Waals surface area contributed by atoms with Gasteiger partial charge < -0.3 is 5.73 Å². The molecule has 56 valence electrons. The first-order chi connectivity index (χ1) is 4.50. The Morgan fingerprint density at radius 1 is 1.60 bits per heavy atom. The third kappa shape index (κ3) is 1.33. The summed E-state index contributed by atoms with van der Waals surface area (Å²) in [4.78, 5) is 0. The van der Waals surface area contributed by atoms with Gasteiger partial charge in [0.1, 0.15) is 5.66 Å². The normalized spacial score (nSPS) is 12.0. The van der Waals surface area contributed by atoms with E-state index in [1.165, 1.54) is 0 Å². The third-order valence-corrected chi connectivity index (χ3v) is 1.20. The minimum absolute atomic E-state index is 0.443. The predicted molar refractivity (Wildman–Crippen MR) is 38.3 cm³/mol. The minimum Gasteiger partial charge on any atom is -0.308 e. The van der Waals surface area contributed by atoms with Gasteiger partial charge in [-0.05, 0) is 20.8 Å². The van der Waals surface area contributed by atoms with E-state index < -0.39 is 5.66 Å². The molecule has 0 amide bonds. The molecule has 0 unspecified atom stereocenters. The molecule has 0 atom stereocenters. The van der Waals surface area contributed by atoms with E-state index in [1.54, 1.807) is 4.68 Å². The Hall–Kier alpha value is -0.900. The molecular formula is C6H12N4. The average Bonchev–Trinajstić information content (AvgIpc) is 2.11. The zero-order valence-corrected chi connectivity index (χ0v) is 6.50. The van der Waals surface area contributed by atoms with Crippen molar-refractivity contribution < 1.29 is 0 Å². The lowest BCUT2D eigenvalue weighted by Gasteiger charge is -2.17. The Labute approximate surface area is 60.0 Å². The van der Waals surface area contributed by atoms with E-state index in [4.69, 9.17) is 5.73 Å².